The van der Waals surface area contributed by atoms with Crippen LogP contribution in [0.3, 0.4) is 0 Å². The van der Waals surface area contributed by atoms with Gasteiger partial charge in [-0.15, -0.1) is 11.3 Å². The molecule has 0 aliphatic carbocycles. The van der Waals surface area contributed by atoms with Gasteiger partial charge < -0.3 is 15.3 Å². The fourth-order valence-electron chi connectivity index (χ4n) is 2.48. The van der Waals surface area contributed by atoms with Gasteiger partial charge in [0, 0.05) is 48.4 Å². The van der Waals surface area contributed by atoms with Crippen LogP contribution >= 0.6 is 11.3 Å². The van der Waals surface area contributed by atoms with Crippen molar-refractivity contribution >= 4 is 29.1 Å². The predicted molar refractivity (Wildman–Crippen MR) is 98.5 cm³/mol. The molecule has 1 aromatic heterocycles. The third-order valence-electron chi connectivity index (χ3n) is 3.70. The fourth-order valence-corrected chi connectivity index (χ4v) is 3.24. The molecule has 24 heavy (non-hydrogen) atoms. The minimum atomic E-state index is -0.944. The molecule has 2 aromatic rings. The van der Waals surface area contributed by atoms with Gasteiger partial charge in [-0.05, 0) is 42.5 Å². The zero-order chi connectivity index (χ0) is 16.8. The second-order valence-electron chi connectivity index (χ2n) is 5.41. The summed E-state index contributed by atoms with van der Waals surface area (Å²) in [5, 5.41) is 12.0. The molecule has 3 rings (SSSR count). The average molecular weight is 338 g/mol. The van der Waals surface area contributed by atoms with E-state index in [1.807, 2.05) is 24.3 Å². The summed E-state index contributed by atoms with van der Waals surface area (Å²) in [6.07, 6.45) is 2.72. The van der Waals surface area contributed by atoms with Gasteiger partial charge in [0.2, 0.25) is 0 Å². The fraction of sp³-hybridized carbons (Fsp3) is 0.211. The zero-order valence-corrected chi connectivity index (χ0v) is 14.0. The molecule has 1 fully saturated rings. The topological polar surface area (TPSA) is 52.6 Å². The molecule has 5 heteroatoms. The Morgan fingerprint density at radius 3 is 2.58 bits per heavy atom. The second-order valence-corrected chi connectivity index (χ2v) is 6.52. The lowest BCUT2D eigenvalue weighted by Gasteiger charge is -2.29. The Bertz CT molecular complexity index is 791. The van der Waals surface area contributed by atoms with E-state index < -0.39 is 5.97 Å². The number of thiophene rings is 1. The Balaban J connectivity index is 1.66. The summed E-state index contributed by atoms with van der Waals surface area (Å²) < 4.78 is 0. The SMILES string of the molecule is O=C(O)C=Cc1ccc(C#Cc2ccc(N3CCNCC3)cc2)s1. The molecule has 1 aliphatic rings. The number of hydrogen-bond donors (Lipinski definition) is 2. The molecule has 0 radical (unpaired) electrons. The lowest BCUT2D eigenvalue weighted by molar-refractivity contribution is -0.131. The third-order valence-corrected chi connectivity index (χ3v) is 4.66. The minimum absolute atomic E-state index is 0.885. The van der Waals surface area contributed by atoms with E-state index in [2.05, 4.69) is 34.2 Å². The Labute approximate surface area is 145 Å². The first-order valence-corrected chi connectivity index (χ1v) is 8.61. The normalized spacial score (nSPS) is 14.4. The molecule has 0 saturated carbocycles. The minimum Gasteiger partial charge on any atom is -0.478 e. The van der Waals surface area contributed by atoms with Crippen molar-refractivity contribution in [2.45, 2.75) is 0 Å². The Hall–Kier alpha value is -2.55. The first-order valence-electron chi connectivity index (χ1n) is 7.79. The summed E-state index contributed by atoms with van der Waals surface area (Å²) in [6, 6.07) is 12.1. The van der Waals surface area contributed by atoms with Gasteiger partial charge in [0.15, 0.2) is 0 Å². The molecule has 1 aliphatic heterocycles. The van der Waals surface area contributed by atoms with Crippen molar-refractivity contribution in [1.29, 1.82) is 0 Å². The molecule has 4 nitrogen and oxygen atoms in total. The first kappa shape index (κ1) is 16.3. The van der Waals surface area contributed by atoms with Gasteiger partial charge in [0.25, 0.3) is 0 Å². The van der Waals surface area contributed by atoms with Crippen LogP contribution in [0.25, 0.3) is 6.08 Å². The highest BCUT2D eigenvalue weighted by molar-refractivity contribution is 7.13. The van der Waals surface area contributed by atoms with Crippen LogP contribution in [0.5, 0.6) is 0 Å². The maximum absolute atomic E-state index is 10.5. The molecule has 0 amide bonds. The van der Waals surface area contributed by atoms with Crippen LogP contribution in [0.1, 0.15) is 15.3 Å². The van der Waals surface area contributed by atoms with E-state index in [1.54, 1.807) is 6.08 Å². The number of piperazine rings is 1. The number of carbonyl (C=O) groups is 1. The van der Waals surface area contributed by atoms with E-state index in [9.17, 15) is 4.79 Å². The van der Waals surface area contributed by atoms with E-state index in [4.69, 9.17) is 5.11 Å². The Morgan fingerprint density at radius 2 is 1.88 bits per heavy atom. The molecule has 122 valence electrons. The molecule has 2 N–H and O–H groups in total. The van der Waals surface area contributed by atoms with Gasteiger partial charge >= 0.3 is 5.97 Å². The zero-order valence-electron chi connectivity index (χ0n) is 13.2. The number of benzene rings is 1. The summed E-state index contributed by atoms with van der Waals surface area (Å²) in [6.45, 7) is 4.12. The van der Waals surface area contributed by atoms with Crippen molar-refractivity contribution in [3.8, 4) is 11.8 Å². The van der Waals surface area contributed by atoms with Crippen molar-refractivity contribution in [2.24, 2.45) is 0 Å². The van der Waals surface area contributed by atoms with Crippen molar-refractivity contribution in [3.05, 3.63) is 57.8 Å². The summed E-state index contributed by atoms with van der Waals surface area (Å²) in [4.78, 5) is 14.7. The average Bonchev–Trinajstić information content (AvgIpc) is 3.07. The van der Waals surface area contributed by atoms with Crippen LogP contribution in [0.15, 0.2) is 42.5 Å². The quantitative estimate of drug-likeness (QED) is 0.667. The highest BCUT2D eigenvalue weighted by Gasteiger charge is 2.09. The van der Waals surface area contributed by atoms with Crippen molar-refractivity contribution in [1.82, 2.24) is 5.32 Å². The Kier molecular flexibility index (Phi) is 5.32. The largest absolute Gasteiger partial charge is 0.478 e. The third kappa shape index (κ3) is 4.48. The summed E-state index contributed by atoms with van der Waals surface area (Å²) in [7, 11) is 0. The number of aliphatic carboxylic acids is 1. The van der Waals surface area contributed by atoms with Crippen LogP contribution in [-0.4, -0.2) is 37.3 Å². The van der Waals surface area contributed by atoms with Crippen LogP contribution < -0.4 is 10.2 Å². The van der Waals surface area contributed by atoms with Gasteiger partial charge in [-0.25, -0.2) is 4.79 Å². The van der Waals surface area contributed by atoms with E-state index in [-0.39, 0.29) is 0 Å². The molecule has 0 spiro atoms. The van der Waals surface area contributed by atoms with Crippen LogP contribution in [-0.2, 0) is 4.79 Å². The number of hydrogen-bond acceptors (Lipinski definition) is 4. The van der Waals surface area contributed by atoms with E-state index in [0.717, 1.165) is 47.6 Å². The number of nitrogens with one attached hydrogen (secondary N) is 1. The van der Waals surface area contributed by atoms with Crippen molar-refractivity contribution in [3.63, 3.8) is 0 Å². The summed E-state index contributed by atoms with van der Waals surface area (Å²) in [5.41, 5.74) is 2.21. The number of carboxylic acid groups (broad SMARTS) is 1. The molecule has 0 unspecified atom stereocenters. The number of rotatable bonds is 3. The van der Waals surface area contributed by atoms with Crippen molar-refractivity contribution < 1.29 is 9.90 Å². The van der Waals surface area contributed by atoms with Gasteiger partial charge in [-0.3, -0.25) is 0 Å². The maximum Gasteiger partial charge on any atom is 0.328 e. The van der Waals surface area contributed by atoms with Crippen LogP contribution in [0.2, 0.25) is 0 Å². The molecular weight excluding hydrogens is 320 g/mol. The van der Waals surface area contributed by atoms with Gasteiger partial charge in [0.1, 0.15) is 0 Å². The number of carboxylic acids is 1. The van der Waals surface area contributed by atoms with Gasteiger partial charge in [-0.2, -0.15) is 0 Å². The predicted octanol–water partition coefficient (Wildman–Crippen LogP) is 2.66. The molecule has 1 aromatic carbocycles. The van der Waals surface area contributed by atoms with Gasteiger partial charge in [-0.1, -0.05) is 11.8 Å². The van der Waals surface area contributed by atoms with E-state index in [1.165, 1.54) is 17.0 Å². The summed E-state index contributed by atoms with van der Waals surface area (Å²) in [5.74, 6) is 5.35. The lowest BCUT2D eigenvalue weighted by atomic mass is 10.2. The summed E-state index contributed by atoms with van der Waals surface area (Å²) >= 11 is 1.48. The van der Waals surface area contributed by atoms with Crippen LogP contribution in [0.4, 0.5) is 5.69 Å². The lowest BCUT2D eigenvalue weighted by Crippen LogP contribution is -2.43. The van der Waals surface area contributed by atoms with Gasteiger partial charge in [0.05, 0.1) is 4.88 Å². The van der Waals surface area contributed by atoms with E-state index >= 15 is 0 Å². The monoisotopic (exact) mass is 338 g/mol. The maximum atomic E-state index is 10.5. The molecule has 1 saturated heterocycles. The molecule has 2 heterocycles. The molecule has 0 atom stereocenters. The highest BCUT2D eigenvalue weighted by atomic mass is 32.1. The Morgan fingerprint density at radius 1 is 1.12 bits per heavy atom. The molecule has 0 bridgehead atoms. The van der Waals surface area contributed by atoms with Crippen LogP contribution in [0, 0.1) is 11.8 Å². The van der Waals surface area contributed by atoms with E-state index in [0.29, 0.717) is 0 Å². The highest BCUT2D eigenvalue weighted by Crippen LogP contribution is 2.18. The smallest absolute Gasteiger partial charge is 0.328 e. The first-order chi connectivity index (χ1) is 11.7. The van der Waals surface area contributed by atoms with Crippen molar-refractivity contribution in [2.75, 3.05) is 31.1 Å². The number of anilines is 1. The molecular formula is C19H18N2O2S. The number of nitrogens with zero attached hydrogens (tertiary/aromatic N) is 1. The standard InChI is InChI=1S/C19H18N2O2S/c22-19(23)10-9-18-8-7-17(24-18)6-3-15-1-4-16(5-2-15)21-13-11-20-12-14-21/h1-2,4-5,7-10,20H,11-14H2,(H,22,23). The second kappa shape index (κ2) is 7.82.